The molecular weight excluding hydrogens is 402 g/mol. The summed E-state index contributed by atoms with van der Waals surface area (Å²) in [4.78, 5) is 62.4. The Kier molecular flexibility index (Phi) is 11.5. The molecule has 0 heterocycles. The van der Waals surface area contributed by atoms with Crippen molar-refractivity contribution in [1.29, 1.82) is 0 Å². The molecule has 0 saturated heterocycles. The zero-order valence-electron chi connectivity index (χ0n) is 16.8. The number of amides is 3. The van der Waals surface area contributed by atoms with Crippen LogP contribution in [0.1, 0.15) is 33.1 Å². The lowest BCUT2D eigenvalue weighted by Crippen LogP contribution is -2.57. The van der Waals surface area contributed by atoms with Gasteiger partial charge >= 0.3 is 11.9 Å². The van der Waals surface area contributed by atoms with Crippen molar-refractivity contribution in [3.63, 3.8) is 0 Å². The van der Waals surface area contributed by atoms with Crippen molar-refractivity contribution >= 4 is 35.6 Å². The Morgan fingerprint density at radius 1 is 0.900 bits per heavy atom. The summed E-state index contributed by atoms with van der Waals surface area (Å²) in [7, 11) is 0. The van der Waals surface area contributed by atoms with E-state index in [1.165, 1.54) is 13.8 Å². The van der Waals surface area contributed by atoms with E-state index in [0.29, 0.717) is 0 Å². The molecule has 0 radical (unpaired) electrons. The number of aliphatic imine (C=N–C) groups is 1. The highest BCUT2D eigenvalue weighted by atomic mass is 16.4. The number of aliphatic carboxylic acids is 2. The van der Waals surface area contributed by atoms with Gasteiger partial charge in [0.1, 0.15) is 18.1 Å². The van der Waals surface area contributed by atoms with E-state index in [1.807, 2.05) is 0 Å². The number of nitrogens with one attached hydrogen (secondary N) is 3. The number of hydrogen-bond acceptors (Lipinski definition) is 7. The molecule has 0 aliphatic heterocycles. The van der Waals surface area contributed by atoms with Crippen LogP contribution in [0.5, 0.6) is 0 Å². The largest absolute Gasteiger partial charge is 0.481 e. The summed E-state index contributed by atoms with van der Waals surface area (Å²) in [6, 6.07) is -4.95. The molecule has 3 amide bonds. The first-order valence-corrected chi connectivity index (χ1v) is 9.01. The third-order valence-electron chi connectivity index (χ3n) is 3.73. The predicted molar refractivity (Wildman–Crippen MR) is 105 cm³/mol. The summed E-state index contributed by atoms with van der Waals surface area (Å²) in [5.41, 5.74) is 15.8. The monoisotopic (exact) mass is 431 g/mol. The van der Waals surface area contributed by atoms with Gasteiger partial charge in [-0.2, -0.15) is 0 Å². The van der Waals surface area contributed by atoms with Crippen LogP contribution in [0.25, 0.3) is 0 Å². The molecule has 0 saturated carbocycles. The van der Waals surface area contributed by atoms with E-state index in [1.54, 1.807) is 0 Å². The third kappa shape index (κ3) is 10.8. The number of rotatable bonds is 13. The number of nitrogens with two attached hydrogens (primary N) is 3. The lowest BCUT2D eigenvalue weighted by atomic mass is 10.1. The highest BCUT2D eigenvalue weighted by molar-refractivity contribution is 5.95. The van der Waals surface area contributed by atoms with Crippen molar-refractivity contribution in [1.82, 2.24) is 16.0 Å². The number of nitrogens with zero attached hydrogens (tertiary/aromatic N) is 1. The van der Waals surface area contributed by atoms with E-state index < -0.39 is 60.2 Å². The Morgan fingerprint density at radius 2 is 1.43 bits per heavy atom. The van der Waals surface area contributed by atoms with E-state index in [0.717, 1.165) is 0 Å². The molecule has 0 aromatic carbocycles. The molecular formula is C16H29N7O7. The van der Waals surface area contributed by atoms with Gasteiger partial charge in [0, 0.05) is 6.54 Å². The number of carboxylic acid groups (broad SMARTS) is 2. The first-order chi connectivity index (χ1) is 13.8. The predicted octanol–water partition coefficient (Wildman–Crippen LogP) is -3.58. The summed E-state index contributed by atoms with van der Waals surface area (Å²) in [6.07, 6.45) is -0.493. The average Bonchev–Trinajstić information content (AvgIpc) is 2.62. The molecule has 0 aliphatic carbocycles. The van der Waals surface area contributed by atoms with Crippen molar-refractivity contribution < 1.29 is 34.2 Å². The van der Waals surface area contributed by atoms with Gasteiger partial charge in [0.25, 0.3) is 0 Å². The zero-order chi connectivity index (χ0) is 23.4. The van der Waals surface area contributed by atoms with Crippen molar-refractivity contribution in [2.75, 3.05) is 6.54 Å². The lowest BCUT2D eigenvalue weighted by molar-refractivity contribution is -0.143. The van der Waals surface area contributed by atoms with E-state index >= 15 is 0 Å². The number of hydrogen-bond donors (Lipinski definition) is 8. The van der Waals surface area contributed by atoms with Crippen LogP contribution in [0, 0.1) is 0 Å². The smallest absolute Gasteiger partial charge is 0.325 e. The minimum absolute atomic E-state index is 0.0156. The van der Waals surface area contributed by atoms with Crippen LogP contribution >= 0.6 is 0 Å². The molecule has 0 aromatic heterocycles. The van der Waals surface area contributed by atoms with Crippen LogP contribution in [-0.4, -0.2) is 76.5 Å². The summed E-state index contributed by atoms with van der Waals surface area (Å²) < 4.78 is 0. The zero-order valence-corrected chi connectivity index (χ0v) is 16.8. The van der Waals surface area contributed by atoms with Gasteiger partial charge in [-0.25, -0.2) is 0 Å². The Hall–Kier alpha value is -3.42. The van der Waals surface area contributed by atoms with Crippen LogP contribution in [0.4, 0.5) is 0 Å². The number of guanidine groups is 1. The van der Waals surface area contributed by atoms with E-state index in [-0.39, 0.29) is 25.3 Å². The van der Waals surface area contributed by atoms with Crippen LogP contribution < -0.4 is 33.2 Å². The van der Waals surface area contributed by atoms with Gasteiger partial charge in [0.15, 0.2) is 5.96 Å². The van der Waals surface area contributed by atoms with Gasteiger partial charge in [-0.15, -0.1) is 0 Å². The minimum Gasteiger partial charge on any atom is -0.481 e. The highest BCUT2D eigenvalue weighted by Crippen LogP contribution is 2.03. The maximum absolute atomic E-state index is 12.5. The second-order valence-electron chi connectivity index (χ2n) is 6.53. The van der Waals surface area contributed by atoms with Gasteiger partial charge in [0.05, 0.1) is 12.5 Å². The number of carbonyl (C=O) groups excluding carboxylic acids is 3. The Labute approximate surface area is 172 Å². The highest BCUT2D eigenvalue weighted by Gasteiger charge is 2.30. The van der Waals surface area contributed by atoms with E-state index in [9.17, 15) is 24.0 Å². The Bertz CT molecular complexity index is 677. The Balaban J connectivity index is 5.36. The van der Waals surface area contributed by atoms with Crippen LogP contribution in [0.15, 0.2) is 4.99 Å². The van der Waals surface area contributed by atoms with Crippen molar-refractivity contribution in [2.24, 2.45) is 22.2 Å². The van der Waals surface area contributed by atoms with Gasteiger partial charge in [-0.3, -0.25) is 29.0 Å². The quantitative estimate of drug-likeness (QED) is 0.0808. The molecule has 14 heteroatoms. The van der Waals surface area contributed by atoms with Gasteiger partial charge in [-0.1, -0.05) is 0 Å². The van der Waals surface area contributed by atoms with E-state index in [4.69, 9.17) is 27.4 Å². The molecule has 0 aromatic rings. The van der Waals surface area contributed by atoms with Crippen LogP contribution in [0.2, 0.25) is 0 Å². The standard InChI is InChI=1S/C16H29N7O7/c1-7(17)12(26)23-10(6-11(24)25)14(28)22-9(4-3-5-20-16(18)19)13(27)21-8(2)15(29)30/h7-10H,3-6,17H2,1-2H3,(H,21,27)(H,22,28)(H,23,26)(H,24,25)(H,29,30)(H4,18,19,20). The second-order valence-corrected chi connectivity index (χ2v) is 6.53. The molecule has 4 unspecified atom stereocenters. The fourth-order valence-electron chi connectivity index (χ4n) is 2.11. The van der Waals surface area contributed by atoms with E-state index in [2.05, 4.69) is 20.9 Å². The first kappa shape index (κ1) is 26.6. The SMILES string of the molecule is CC(N)C(=O)NC(CC(=O)O)C(=O)NC(CCCN=C(N)N)C(=O)NC(C)C(=O)O. The normalized spacial score (nSPS) is 14.4. The number of carbonyl (C=O) groups is 5. The van der Waals surface area contributed by atoms with Crippen LogP contribution in [-0.2, 0) is 24.0 Å². The third-order valence-corrected chi connectivity index (χ3v) is 3.73. The molecule has 14 nitrogen and oxygen atoms in total. The summed E-state index contributed by atoms with van der Waals surface area (Å²) in [6.45, 7) is 2.71. The molecule has 0 aliphatic rings. The Morgan fingerprint density at radius 3 is 1.90 bits per heavy atom. The number of carboxylic acids is 2. The van der Waals surface area contributed by atoms with Crippen molar-refractivity contribution in [2.45, 2.75) is 57.3 Å². The second kappa shape index (κ2) is 12.9. The molecule has 0 spiro atoms. The van der Waals surface area contributed by atoms with Gasteiger partial charge in [0.2, 0.25) is 17.7 Å². The topological polar surface area (TPSA) is 252 Å². The minimum atomic E-state index is -1.49. The molecule has 0 bridgehead atoms. The first-order valence-electron chi connectivity index (χ1n) is 9.01. The van der Waals surface area contributed by atoms with Crippen molar-refractivity contribution in [3.8, 4) is 0 Å². The summed E-state index contributed by atoms with van der Waals surface area (Å²) >= 11 is 0. The molecule has 30 heavy (non-hydrogen) atoms. The van der Waals surface area contributed by atoms with Gasteiger partial charge < -0.3 is 43.4 Å². The fraction of sp³-hybridized carbons (Fsp3) is 0.625. The molecule has 0 fully saturated rings. The maximum Gasteiger partial charge on any atom is 0.325 e. The van der Waals surface area contributed by atoms with Crippen molar-refractivity contribution in [3.05, 3.63) is 0 Å². The average molecular weight is 431 g/mol. The molecule has 4 atom stereocenters. The van der Waals surface area contributed by atoms with Crippen LogP contribution in [0.3, 0.4) is 0 Å². The summed E-state index contributed by atoms with van der Waals surface area (Å²) in [5.74, 6) is -5.34. The molecule has 0 rings (SSSR count). The van der Waals surface area contributed by atoms with Gasteiger partial charge in [-0.05, 0) is 26.7 Å². The molecule has 170 valence electrons. The maximum atomic E-state index is 12.5. The lowest BCUT2D eigenvalue weighted by Gasteiger charge is -2.23. The summed E-state index contributed by atoms with van der Waals surface area (Å²) in [5, 5.41) is 24.7. The molecule has 11 N–H and O–H groups in total. The fourth-order valence-corrected chi connectivity index (χ4v) is 2.11.